The molecule has 0 radical (unpaired) electrons. The van der Waals surface area contributed by atoms with Gasteiger partial charge in [-0.3, -0.25) is 0 Å². The number of allylic oxidation sites excluding steroid dienone is 1. The fourth-order valence-electron chi connectivity index (χ4n) is 1.68. The van der Waals surface area contributed by atoms with Crippen molar-refractivity contribution in [2.24, 2.45) is 0 Å². The summed E-state index contributed by atoms with van der Waals surface area (Å²) in [6.07, 6.45) is 5.55. The molecule has 15 heavy (non-hydrogen) atoms. The van der Waals surface area contributed by atoms with Gasteiger partial charge >= 0.3 is 0 Å². The highest BCUT2D eigenvalue weighted by molar-refractivity contribution is 4.71. The molecule has 0 aromatic heterocycles. The van der Waals surface area contributed by atoms with Crippen LogP contribution in [0.15, 0.2) is 12.7 Å². The maximum atomic E-state index is 3.74. The van der Waals surface area contributed by atoms with Gasteiger partial charge in [0.2, 0.25) is 0 Å². The van der Waals surface area contributed by atoms with Gasteiger partial charge in [0.1, 0.15) is 0 Å². The van der Waals surface area contributed by atoms with Gasteiger partial charge in [-0.15, -0.1) is 6.58 Å². The van der Waals surface area contributed by atoms with Crippen LogP contribution in [0.3, 0.4) is 0 Å². The molecule has 0 heterocycles. The minimum Gasteiger partial charge on any atom is -0.313 e. The molecule has 2 nitrogen and oxygen atoms in total. The maximum Gasteiger partial charge on any atom is 0.0107 e. The van der Waals surface area contributed by atoms with Gasteiger partial charge in [0.25, 0.3) is 0 Å². The Labute approximate surface area is 95.7 Å². The van der Waals surface area contributed by atoms with Gasteiger partial charge < -0.3 is 10.2 Å². The van der Waals surface area contributed by atoms with Crippen LogP contribution in [0, 0.1) is 0 Å². The zero-order chi connectivity index (χ0) is 11.5. The summed E-state index contributed by atoms with van der Waals surface area (Å²) in [5, 5.41) is 3.55. The summed E-state index contributed by atoms with van der Waals surface area (Å²) in [5.41, 5.74) is 0. The van der Waals surface area contributed by atoms with Crippen LogP contribution in [0.5, 0.6) is 0 Å². The smallest absolute Gasteiger partial charge is 0.0107 e. The third-order valence-electron chi connectivity index (χ3n) is 2.71. The van der Waals surface area contributed by atoms with Gasteiger partial charge in [-0.2, -0.15) is 0 Å². The second-order valence-electron chi connectivity index (χ2n) is 4.16. The van der Waals surface area contributed by atoms with Crippen LogP contribution in [0.1, 0.15) is 40.0 Å². The molecule has 0 aliphatic heterocycles. The van der Waals surface area contributed by atoms with Crippen molar-refractivity contribution in [1.29, 1.82) is 0 Å². The molecule has 0 rings (SSSR count). The second-order valence-corrected chi connectivity index (χ2v) is 4.16. The molecule has 1 atom stereocenters. The zero-order valence-corrected chi connectivity index (χ0v) is 10.8. The summed E-state index contributed by atoms with van der Waals surface area (Å²) < 4.78 is 0. The molecular formula is C13H28N2. The number of rotatable bonds is 10. The van der Waals surface area contributed by atoms with E-state index >= 15 is 0 Å². The Bertz CT molecular complexity index is 145. The molecule has 1 N–H and O–H groups in total. The van der Waals surface area contributed by atoms with Crippen molar-refractivity contribution in [3.8, 4) is 0 Å². The van der Waals surface area contributed by atoms with Gasteiger partial charge in [0.05, 0.1) is 0 Å². The highest BCUT2D eigenvalue weighted by Gasteiger charge is 2.02. The van der Waals surface area contributed by atoms with E-state index in [1.165, 1.54) is 25.9 Å². The van der Waals surface area contributed by atoms with E-state index in [1.807, 2.05) is 6.08 Å². The highest BCUT2D eigenvalue weighted by Crippen LogP contribution is 1.96. The van der Waals surface area contributed by atoms with Crippen molar-refractivity contribution in [3.63, 3.8) is 0 Å². The minimum absolute atomic E-state index is 0.614. The molecule has 0 aliphatic carbocycles. The molecule has 2 heteroatoms. The summed E-state index contributed by atoms with van der Waals surface area (Å²) in [7, 11) is 0. The molecule has 0 aromatic rings. The maximum absolute atomic E-state index is 3.74. The van der Waals surface area contributed by atoms with Gasteiger partial charge in [0, 0.05) is 19.1 Å². The zero-order valence-electron chi connectivity index (χ0n) is 10.8. The molecule has 0 fully saturated rings. The third-order valence-corrected chi connectivity index (χ3v) is 2.71. The van der Waals surface area contributed by atoms with Crippen molar-refractivity contribution in [1.82, 2.24) is 10.2 Å². The van der Waals surface area contributed by atoms with Crippen LogP contribution in [0.25, 0.3) is 0 Å². The van der Waals surface area contributed by atoms with Crippen LogP contribution in [-0.4, -0.2) is 37.1 Å². The highest BCUT2D eigenvalue weighted by atomic mass is 15.1. The quantitative estimate of drug-likeness (QED) is 0.560. The van der Waals surface area contributed by atoms with Crippen molar-refractivity contribution in [2.75, 3.05) is 26.2 Å². The SMILES string of the molecule is C=CCCC(C)NCCN(CC)CCC. The van der Waals surface area contributed by atoms with Crippen LogP contribution in [-0.2, 0) is 0 Å². The molecule has 0 amide bonds. The summed E-state index contributed by atoms with van der Waals surface area (Å²) >= 11 is 0. The molecule has 0 saturated carbocycles. The molecule has 1 unspecified atom stereocenters. The number of likely N-dealkylation sites (N-methyl/N-ethyl adjacent to an activating group) is 1. The van der Waals surface area contributed by atoms with E-state index in [0.29, 0.717) is 6.04 Å². The average molecular weight is 212 g/mol. The van der Waals surface area contributed by atoms with E-state index < -0.39 is 0 Å². The van der Waals surface area contributed by atoms with Crippen LogP contribution >= 0.6 is 0 Å². The van der Waals surface area contributed by atoms with Crippen LogP contribution < -0.4 is 5.32 Å². The minimum atomic E-state index is 0.614. The summed E-state index contributed by atoms with van der Waals surface area (Å²) in [6, 6.07) is 0.614. The van der Waals surface area contributed by atoms with Crippen LogP contribution in [0.4, 0.5) is 0 Å². The van der Waals surface area contributed by atoms with Gasteiger partial charge in [0.15, 0.2) is 0 Å². The fraction of sp³-hybridized carbons (Fsp3) is 0.846. The normalized spacial score (nSPS) is 13.1. The Balaban J connectivity index is 3.44. The Morgan fingerprint density at radius 1 is 1.33 bits per heavy atom. The van der Waals surface area contributed by atoms with Crippen LogP contribution in [0.2, 0.25) is 0 Å². The predicted molar refractivity (Wildman–Crippen MR) is 69.3 cm³/mol. The van der Waals surface area contributed by atoms with Crippen molar-refractivity contribution in [3.05, 3.63) is 12.7 Å². The summed E-state index contributed by atoms with van der Waals surface area (Å²) in [4.78, 5) is 2.49. The lowest BCUT2D eigenvalue weighted by molar-refractivity contribution is 0.282. The van der Waals surface area contributed by atoms with E-state index in [9.17, 15) is 0 Å². The van der Waals surface area contributed by atoms with Crippen molar-refractivity contribution >= 4 is 0 Å². The monoisotopic (exact) mass is 212 g/mol. The van der Waals surface area contributed by atoms with Gasteiger partial charge in [-0.1, -0.05) is 19.9 Å². The topological polar surface area (TPSA) is 15.3 Å². The molecule has 0 bridgehead atoms. The average Bonchev–Trinajstić information content (AvgIpc) is 2.25. The molecule has 0 saturated heterocycles. The first-order valence-electron chi connectivity index (χ1n) is 6.31. The lowest BCUT2D eigenvalue weighted by Gasteiger charge is -2.21. The van der Waals surface area contributed by atoms with E-state index in [4.69, 9.17) is 0 Å². The lowest BCUT2D eigenvalue weighted by atomic mass is 10.2. The number of hydrogen-bond donors (Lipinski definition) is 1. The van der Waals surface area contributed by atoms with Gasteiger partial charge in [-0.05, 0) is 39.3 Å². The van der Waals surface area contributed by atoms with Crippen molar-refractivity contribution < 1.29 is 0 Å². The van der Waals surface area contributed by atoms with E-state index in [1.54, 1.807) is 0 Å². The lowest BCUT2D eigenvalue weighted by Crippen LogP contribution is -2.36. The molecular weight excluding hydrogens is 184 g/mol. The number of nitrogens with zero attached hydrogens (tertiary/aromatic N) is 1. The van der Waals surface area contributed by atoms with Crippen molar-refractivity contribution in [2.45, 2.75) is 46.1 Å². The first kappa shape index (κ1) is 14.7. The Morgan fingerprint density at radius 2 is 2.07 bits per heavy atom. The summed E-state index contributed by atoms with van der Waals surface area (Å²) in [6.45, 7) is 15.1. The Hall–Kier alpha value is -0.340. The third kappa shape index (κ3) is 8.64. The Morgan fingerprint density at radius 3 is 2.60 bits per heavy atom. The Kier molecular flexibility index (Phi) is 9.96. The second kappa shape index (κ2) is 10.2. The molecule has 90 valence electrons. The first-order chi connectivity index (χ1) is 7.24. The number of nitrogens with one attached hydrogen (secondary N) is 1. The standard InChI is InChI=1S/C13H28N2/c1-5-8-9-13(4)14-10-12-15(7-3)11-6-2/h5,13-14H,1,6-12H2,2-4H3. The molecule has 0 spiro atoms. The van der Waals surface area contributed by atoms with E-state index in [0.717, 1.165) is 19.5 Å². The predicted octanol–water partition coefficient (Wildman–Crippen LogP) is 2.66. The molecule has 0 aromatic carbocycles. The van der Waals surface area contributed by atoms with E-state index in [2.05, 4.69) is 37.6 Å². The fourth-order valence-corrected chi connectivity index (χ4v) is 1.68. The number of hydrogen-bond acceptors (Lipinski definition) is 2. The molecule has 0 aliphatic rings. The summed E-state index contributed by atoms with van der Waals surface area (Å²) in [5.74, 6) is 0. The van der Waals surface area contributed by atoms with E-state index in [-0.39, 0.29) is 0 Å². The first-order valence-corrected chi connectivity index (χ1v) is 6.31. The van der Waals surface area contributed by atoms with Gasteiger partial charge in [-0.25, -0.2) is 0 Å². The largest absolute Gasteiger partial charge is 0.313 e.